The van der Waals surface area contributed by atoms with E-state index in [4.69, 9.17) is 9.47 Å². The van der Waals surface area contributed by atoms with E-state index in [2.05, 4.69) is 5.32 Å². The van der Waals surface area contributed by atoms with Gasteiger partial charge in [0, 0.05) is 7.11 Å². The number of halogens is 3. The topological polar surface area (TPSA) is 47.6 Å². The molecule has 0 saturated carbocycles. The standard InChI is InChI=1S/C14H18F3NO3/c1-3-21-13(19)12(18-9-14(15,16)17)11-6-4-5-10(7-11)8-20-2/h4-7,12,18H,3,8-9H2,1-2H3. The molecule has 0 saturated heterocycles. The zero-order valence-electron chi connectivity index (χ0n) is 11.9. The third kappa shape index (κ3) is 6.14. The number of alkyl halides is 3. The van der Waals surface area contributed by atoms with E-state index in [0.717, 1.165) is 5.56 Å². The van der Waals surface area contributed by atoms with Crippen LogP contribution in [-0.4, -0.2) is 32.4 Å². The molecular formula is C14H18F3NO3. The van der Waals surface area contributed by atoms with Crippen LogP contribution < -0.4 is 5.32 Å². The number of hydrogen-bond acceptors (Lipinski definition) is 4. The molecular weight excluding hydrogens is 287 g/mol. The lowest BCUT2D eigenvalue weighted by Gasteiger charge is -2.19. The Balaban J connectivity index is 2.94. The van der Waals surface area contributed by atoms with Gasteiger partial charge in [-0.05, 0) is 18.1 Å². The summed E-state index contributed by atoms with van der Waals surface area (Å²) in [5.74, 6) is -0.740. The fourth-order valence-electron chi connectivity index (χ4n) is 1.81. The first-order valence-electron chi connectivity index (χ1n) is 6.42. The molecule has 1 atom stereocenters. The number of carbonyl (C=O) groups is 1. The Morgan fingerprint density at radius 3 is 2.67 bits per heavy atom. The second kappa shape index (κ2) is 7.99. The van der Waals surface area contributed by atoms with Gasteiger partial charge in [-0.25, -0.2) is 4.79 Å². The Morgan fingerprint density at radius 1 is 1.38 bits per heavy atom. The monoisotopic (exact) mass is 305 g/mol. The van der Waals surface area contributed by atoms with Gasteiger partial charge in [0.2, 0.25) is 0 Å². The van der Waals surface area contributed by atoms with Gasteiger partial charge in [0.25, 0.3) is 0 Å². The zero-order valence-corrected chi connectivity index (χ0v) is 11.9. The fourth-order valence-corrected chi connectivity index (χ4v) is 1.81. The summed E-state index contributed by atoms with van der Waals surface area (Å²) in [6.07, 6.45) is -4.41. The maximum absolute atomic E-state index is 12.3. The van der Waals surface area contributed by atoms with Crippen LogP contribution in [0.25, 0.3) is 0 Å². The molecule has 0 fully saturated rings. The summed E-state index contributed by atoms with van der Waals surface area (Å²) in [5.41, 5.74) is 1.17. The van der Waals surface area contributed by atoms with E-state index >= 15 is 0 Å². The number of benzene rings is 1. The number of ether oxygens (including phenoxy) is 2. The fraction of sp³-hybridized carbons (Fsp3) is 0.500. The highest BCUT2D eigenvalue weighted by molar-refractivity contribution is 5.77. The highest BCUT2D eigenvalue weighted by Gasteiger charge is 2.31. The van der Waals surface area contributed by atoms with Crippen LogP contribution in [0.3, 0.4) is 0 Å². The van der Waals surface area contributed by atoms with Crippen molar-refractivity contribution < 1.29 is 27.4 Å². The molecule has 0 amide bonds. The number of nitrogens with one attached hydrogen (secondary N) is 1. The molecule has 0 spiro atoms. The molecule has 0 heterocycles. The Morgan fingerprint density at radius 2 is 2.10 bits per heavy atom. The Kier molecular flexibility index (Phi) is 6.64. The number of carbonyl (C=O) groups excluding carboxylic acids is 1. The predicted octanol–water partition coefficient (Wildman–Crippen LogP) is 2.59. The average Bonchev–Trinajstić information content (AvgIpc) is 2.39. The molecule has 4 nitrogen and oxygen atoms in total. The second-order valence-corrected chi connectivity index (χ2v) is 4.36. The molecule has 0 aliphatic carbocycles. The van der Waals surface area contributed by atoms with Gasteiger partial charge in [-0.2, -0.15) is 13.2 Å². The molecule has 0 aliphatic heterocycles. The summed E-state index contributed by atoms with van der Waals surface area (Å²) in [7, 11) is 1.51. The number of esters is 1. The van der Waals surface area contributed by atoms with Crippen LogP contribution in [0.5, 0.6) is 0 Å². The third-order valence-electron chi connectivity index (χ3n) is 2.62. The van der Waals surface area contributed by atoms with Crippen molar-refractivity contribution in [2.45, 2.75) is 25.7 Å². The first-order chi connectivity index (χ1) is 9.87. The lowest BCUT2D eigenvalue weighted by molar-refractivity contribution is -0.149. The summed E-state index contributed by atoms with van der Waals surface area (Å²) < 4.78 is 46.8. The summed E-state index contributed by atoms with van der Waals surface area (Å²) in [4.78, 5) is 11.8. The molecule has 21 heavy (non-hydrogen) atoms. The maximum Gasteiger partial charge on any atom is 0.401 e. The molecule has 118 valence electrons. The van der Waals surface area contributed by atoms with Crippen LogP contribution in [0.2, 0.25) is 0 Å². The lowest BCUT2D eigenvalue weighted by Crippen LogP contribution is -2.37. The minimum atomic E-state index is -4.41. The largest absolute Gasteiger partial charge is 0.465 e. The number of rotatable bonds is 7. The average molecular weight is 305 g/mol. The van der Waals surface area contributed by atoms with Crippen molar-refractivity contribution in [3.05, 3.63) is 35.4 Å². The maximum atomic E-state index is 12.3. The SMILES string of the molecule is CCOC(=O)C(NCC(F)(F)F)c1cccc(COC)c1. The molecule has 1 rings (SSSR count). The minimum absolute atomic E-state index is 0.0980. The van der Waals surface area contributed by atoms with Crippen LogP contribution in [0.15, 0.2) is 24.3 Å². The molecule has 7 heteroatoms. The minimum Gasteiger partial charge on any atom is -0.465 e. The molecule has 0 bridgehead atoms. The van der Waals surface area contributed by atoms with E-state index in [9.17, 15) is 18.0 Å². The lowest BCUT2D eigenvalue weighted by atomic mass is 10.0. The van der Waals surface area contributed by atoms with Gasteiger partial charge in [0.1, 0.15) is 6.04 Å². The molecule has 0 aliphatic rings. The highest BCUT2D eigenvalue weighted by Crippen LogP contribution is 2.20. The van der Waals surface area contributed by atoms with E-state index in [0.29, 0.717) is 12.2 Å². The van der Waals surface area contributed by atoms with Crippen molar-refractivity contribution in [2.24, 2.45) is 0 Å². The molecule has 0 radical (unpaired) electrons. The van der Waals surface area contributed by atoms with Crippen molar-refractivity contribution in [3.63, 3.8) is 0 Å². The van der Waals surface area contributed by atoms with E-state index in [-0.39, 0.29) is 6.61 Å². The van der Waals surface area contributed by atoms with Gasteiger partial charge in [-0.15, -0.1) is 0 Å². The summed E-state index contributed by atoms with van der Waals surface area (Å²) in [5, 5.41) is 2.19. The first-order valence-corrected chi connectivity index (χ1v) is 6.42. The van der Waals surface area contributed by atoms with Gasteiger partial charge >= 0.3 is 12.1 Å². The zero-order chi connectivity index (χ0) is 15.9. The van der Waals surface area contributed by atoms with Crippen molar-refractivity contribution in [1.82, 2.24) is 5.32 Å². The van der Waals surface area contributed by atoms with Gasteiger partial charge < -0.3 is 9.47 Å². The predicted molar refractivity (Wildman–Crippen MR) is 70.6 cm³/mol. The normalized spacial score (nSPS) is 13.0. The Hall–Kier alpha value is -1.60. The van der Waals surface area contributed by atoms with Crippen LogP contribution >= 0.6 is 0 Å². The highest BCUT2D eigenvalue weighted by atomic mass is 19.4. The molecule has 0 aromatic heterocycles. The van der Waals surface area contributed by atoms with Crippen LogP contribution in [-0.2, 0) is 20.9 Å². The van der Waals surface area contributed by atoms with Crippen molar-refractivity contribution >= 4 is 5.97 Å². The smallest absolute Gasteiger partial charge is 0.401 e. The number of methoxy groups -OCH3 is 1. The molecule has 1 aromatic rings. The Labute approximate surface area is 121 Å². The third-order valence-corrected chi connectivity index (χ3v) is 2.62. The first kappa shape index (κ1) is 17.5. The summed E-state index contributed by atoms with van der Waals surface area (Å²) in [6, 6.07) is 5.45. The van der Waals surface area contributed by atoms with E-state index in [1.807, 2.05) is 0 Å². The van der Waals surface area contributed by atoms with Crippen LogP contribution in [0.1, 0.15) is 24.1 Å². The van der Waals surface area contributed by atoms with Crippen molar-refractivity contribution in [2.75, 3.05) is 20.3 Å². The summed E-state index contributed by atoms with van der Waals surface area (Å²) in [6.45, 7) is 0.731. The van der Waals surface area contributed by atoms with Crippen molar-refractivity contribution in [3.8, 4) is 0 Å². The van der Waals surface area contributed by atoms with Crippen LogP contribution in [0.4, 0.5) is 13.2 Å². The van der Waals surface area contributed by atoms with E-state index < -0.39 is 24.7 Å². The molecule has 1 aromatic carbocycles. The van der Waals surface area contributed by atoms with E-state index in [1.54, 1.807) is 31.2 Å². The Bertz CT molecular complexity index is 463. The van der Waals surface area contributed by atoms with Gasteiger partial charge in [0.05, 0.1) is 19.8 Å². The van der Waals surface area contributed by atoms with Gasteiger partial charge in [-0.3, -0.25) is 5.32 Å². The quantitative estimate of drug-likeness (QED) is 0.787. The number of hydrogen-bond donors (Lipinski definition) is 1. The molecule has 1 unspecified atom stereocenters. The van der Waals surface area contributed by atoms with Crippen molar-refractivity contribution in [1.29, 1.82) is 0 Å². The summed E-state index contributed by atoms with van der Waals surface area (Å²) >= 11 is 0. The van der Waals surface area contributed by atoms with Gasteiger partial charge in [0.15, 0.2) is 0 Å². The van der Waals surface area contributed by atoms with Gasteiger partial charge in [-0.1, -0.05) is 24.3 Å². The molecule has 1 N–H and O–H groups in total. The van der Waals surface area contributed by atoms with E-state index in [1.165, 1.54) is 7.11 Å². The second-order valence-electron chi connectivity index (χ2n) is 4.36. The van der Waals surface area contributed by atoms with Crippen LogP contribution in [0, 0.1) is 0 Å².